The Hall–Kier alpha value is -1.40. The predicted octanol–water partition coefficient (Wildman–Crippen LogP) is 3.24. The van der Waals surface area contributed by atoms with Crippen molar-refractivity contribution >= 4 is 21.6 Å². The molecule has 128 valence electrons. The molecule has 23 heavy (non-hydrogen) atoms. The summed E-state index contributed by atoms with van der Waals surface area (Å²) < 4.78 is 26.7. The van der Waals surface area contributed by atoms with Crippen LogP contribution in [0.4, 0.5) is 5.69 Å². The molecule has 0 unspecified atom stereocenters. The molecule has 1 heterocycles. The molecule has 1 fully saturated rings. The predicted molar refractivity (Wildman–Crippen MR) is 91.8 cm³/mol. The number of benzene rings is 1. The van der Waals surface area contributed by atoms with Gasteiger partial charge in [-0.3, -0.25) is 4.79 Å². The van der Waals surface area contributed by atoms with Gasteiger partial charge in [-0.2, -0.15) is 4.31 Å². The molecule has 1 aromatic rings. The van der Waals surface area contributed by atoms with Crippen molar-refractivity contribution < 1.29 is 13.2 Å². The van der Waals surface area contributed by atoms with Crippen LogP contribution in [-0.2, 0) is 14.8 Å². The maximum Gasteiger partial charge on any atom is 0.243 e. The summed E-state index contributed by atoms with van der Waals surface area (Å²) in [7, 11) is -3.41. The van der Waals surface area contributed by atoms with Crippen LogP contribution in [-0.4, -0.2) is 31.7 Å². The number of piperidine rings is 1. The molecular formula is C17H26N2O3S. The molecule has 5 nitrogen and oxygen atoms in total. The summed E-state index contributed by atoms with van der Waals surface area (Å²) in [6.45, 7) is 5.16. The number of nitrogens with zero attached hydrogens (tertiary/aromatic N) is 1. The fourth-order valence-electron chi connectivity index (χ4n) is 2.87. The van der Waals surface area contributed by atoms with Gasteiger partial charge in [0, 0.05) is 24.7 Å². The molecule has 1 saturated heterocycles. The number of carbonyl (C=O) groups excluding carboxylic acids is 1. The molecular weight excluding hydrogens is 312 g/mol. The number of sulfonamides is 1. The van der Waals surface area contributed by atoms with Crippen LogP contribution in [0.25, 0.3) is 0 Å². The lowest BCUT2D eigenvalue weighted by molar-refractivity contribution is -0.120. The third kappa shape index (κ3) is 4.32. The lowest BCUT2D eigenvalue weighted by Gasteiger charge is -2.25. The second-order valence-corrected chi connectivity index (χ2v) is 7.93. The van der Waals surface area contributed by atoms with Crippen molar-refractivity contribution in [2.75, 3.05) is 18.4 Å². The van der Waals surface area contributed by atoms with Crippen LogP contribution >= 0.6 is 0 Å². The standard InChI is InChI=1S/C17H26N2O3S/c1-3-14(4-2)17(20)18-15-8-10-16(11-9-15)23(21,22)19-12-6-5-7-13-19/h8-11,14H,3-7,12-13H2,1-2H3,(H,18,20). The fourth-order valence-corrected chi connectivity index (χ4v) is 4.39. The summed E-state index contributed by atoms with van der Waals surface area (Å²) in [4.78, 5) is 12.4. The Morgan fingerprint density at radius 3 is 2.17 bits per heavy atom. The average Bonchev–Trinajstić information content (AvgIpc) is 2.57. The zero-order chi connectivity index (χ0) is 16.9. The molecule has 2 rings (SSSR count). The van der Waals surface area contributed by atoms with E-state index in [9.17, 15) is 13.2 Å². The van der Waals surface area contributed by atoms with Crippen LogP contribution in [0.2, 0.25) is 0 Å². The number of anilines is 1. The van der Waals surface area contributed by atoms with Gasteiger partial charge in [0.05, 0.1) is 4.90 Å². The van der Waals surface area contributed by atoms with E-state index in [4.69, 9.17) is 0 Å². The molecule has 0 aromatic heterocycles. The fraction of sp³-hybridized carbons (Fsp3) is 0.588. The summed E-state index contributed by atoms with van der Waals surface area (Å²) in [6.07, 6.45) is 4.52. The molecule has 0 aliphatic carbocycles. The minimum absolute atomic E-state index is 0.00763. The normalized spacial score (nSPS) is 16.5. The first-order chi connectivity index (χ1) is 11.0. The van der Waals surface area contributed by atoms with Gasteiger partial charge in [-0.05, 0) is 49.9 Å². The number of hydrogen-bond donors (Lipinski definition) is 1. The summed E-state index contributed by atoms with van der Waals surface area (Å²) >= 11 is 0. The van der Waals surface area contributed by atoms with Crippen LogP contribution in [0.3, 0.4) is 0 Å². The Kier molecular flexibility index (Phi) is 6.18. The lowest BCUT2D eigenvalue weighted by atomic mass is 10.0. The number of amides is 1. The minimum atomic E-state index is -3.41. The highest BCUT2D eigenvalue weighted by molar-refractivity contribution is 7.89. The topological polar surface area (TPSA) is 66.5 Å². The summed E-state index contributed by atoms with van der Waals surface area (Å²) in [5.41, 5.74) is 0.638. The molecule has 0 atom stereocenters. The van der Waals surface area contributed by atoms with E-state index in [1.165, 1.54) is 0 Å². The first-order valence-corrected chi connectivity index (χ1v) is 9.84. The van der Waals surface area contributed by atoms with Crippen LogP contribution in [0.1, 0.15) is 46.0 Å². The third-order valence-corrected chi connectivity index (χ3v) is 6.34. The number of hydrogen-bond acceptors (Lipinski definition) is 3. The van der Waals surface area contributed by atoms with E-state index in [0.717, 1.165) is 32.1 Å². The highest BCUT2D eigenvalue weighted by atomic mass is 32.2. The summed E-state index contributed by atoms with van der Waals surface area (Å²) in [5, 5.41) is 2.85. The smallest absolute Gasteiger partial charge is 0.243 e. The molecule has 0 radical (unpaired) electrons. The van der Waals surface area contributed by atoms with Crippen molar-refractivity contribution in [2.24, 2.45) is 5.92 Å². The van der Waals surface area contributed by atoms with Crippen molar-refractivity contribution in [1.29, 1.82) is 0 Å². The highest BCUT2D eigenvalue weighted by Crippen LogP contribution is 2.22. The monoisotopic (exact) mass is 338 g/mol. The molecule has 0 saturated carbocycles. The van der Waals surface area contributed by atoms with Gasteiger partial charge >= 0.3 is 0 Å². The van der Waals surface area contributed by atoms with Gasteiger partial charge in [0.15, 0.2) is 0 Å². The van der Waals surface area contributed by atoms with Crippen molar-refractivity contribution in [3.8, 4) is 0 Å². The third-order valence-electron chi connectivity index (χ3n) is 4.43. The van der Waals surface area contributed by atoms with Gasteiger partial charge in [0.25, 0.3) is 0 Å². The van der Waals surface area contributed by atoms with Crippen molar-refractivity contribution in [2.45, 2.75) is 50.8 Å². The van der Waals surface area contributed by atoms with E-state index in [-0.39, 0.29) is 11.8 Å². The molecule has 6 heteroatoms. The van der Waals surface area contributed by atoms with Gasteiger partial charge in [0.2, 0.25) is 15.9 Å². The second kappa shape index (κ2) is 7.93. The van der Waals surface area contributed by atoms with Crippen LogP contribution in [0.5, 0.6) is 0 Å². The first kappa shape index (κ1) is 17.9. The summed E-state index contributed by atoms with van der Waals surface area (Å²) in [6, 6.07) is 6.48. The van der Waals surface area contributed by atoms with Crippen molar-refractivity contribution in [1.82, 2.24) is 4.31 Å². The number of rotatable bonds is 6. The highest BCUT2D eigenvalue weighted by Gasteiger charge is 2.25. The van der Waals surface area contributed by atoms with Gasteiger partial charge in [-0.25, -0.2) is 8.42 Å². The van der Waals surface area contributed by atoms with Gasteiger partial charge < -0.3 is 5.32 Å². The maximum absolute atomic E-state index is 12.6. The van der Waals surface area contributed by atoms with E-state index in [1.54, 1.807) is 28.6 Å². The van der Waals surface area contributed by atoms with E-state index >= 15 is 0 Å². The molecule has 0 bridgehead atoms. The van der Waals surface area contributed by atoms with Crippen molar-refractivity contribution in [3.05, 3.63) is 24.3 Å². The van der Waals surface area contributed by atoms with E-state index in [0.29, 0.717) is 23.7 Å². The quantitative estimate of drug-likeness (QED) is 0.866. The SMILES string of the molecule is CCC(CC)C(=O)Nc1ccc(S(=O)(=O)N2CCCCC2)cc1. The largest absolute Gasteiger partial charge is 0.326 e. The van der Waals surface area contributed by atoms with Gasteiger partial charge in [-0.1, -0.05) is 20.3 Å². The zero-order valence-electron chi connectivity index (χ0n) is 13.9. The van der Waals surface area contributed by atoms with Gasteiger partial charge in [-0.15, -0.1) is 0 Å². The van der Waals surface area contributed by atoms with Crippen LogP contribution in [0, 0.1) is 5.92 Å². The Morgan fingerprint density at radius 1 is 1.09 bits per heavy atom. The first-order valence-electron chi connectivity index (χ1n) is 8.40. The molecule has 1 aliphatic rings. The van der Waals surface area contributed by atoms with Crippen LogP contribution < -0.4 is 5.32 Å². The Balaban J connectivity index is 2.08. The molecule has 1 aromatic carbocycles. The molecule has 1 N–H and O–H groups in total. The average molecular weight is 338 g/mol. The van der Waals surface area contributed by atoms with Crippen molar-refractivity contribution in [3.63, 3.8) is 0 Å². The Morgan fingerprint density at radius 2 is 1.65 bits per heavy atom. The van der Waals surface area contributed by atoms with E-state index in [2.05, 4.69) is 5.32 Å². The summed E-state index contributed by atoms with van der Waals surface area (Å²) in [5.74, 6) is -0.0200. The molecule has 1 aliphatic heterocycles. The lowest BCUT2D eigenvalue weighted by Crippen LogP contribution is -2.35. The zero-order valence-corrected chi connectivity index (χ0v) is 14.7. The van der Waals surface area contributed by atoms with E-state index in [1.807, 2.05) is 13.8 Å². The van der Waals surface area contributed by atoms with E-state index < -0.39 is 10.0 Å². The molecule has 0 spiro atoms. The second-order valence-electron chi connectivity index (χ2n) is 5.99. The van der Waals surface area contributed by atoms with Crippen LogP contribution in [0.15, 0.2) is 29.2 Å². The Bertz CT molecular complexity index is 616. The number of nitrogens with one attached hydrogen (secondary N) is 1. The van der Waals surface area contributed by atoms with Gasteiger partial charge in [0.1, 0.15) is 0 Å². The minimum Gasteiger partial charge on any atom is -0.326 e. The number of carbonyl (C=O) groups is 1. The molecule has 1 amide bonds. The Labute approximate surface area is 139 Å². The maximum atomic E-state index is 12.6.